The zero-order valence-corrected chi connectivity index (χ0v) is 19.6. The highest BCUT2D eigenvalue weighted by molar-refractivity contribution is 7.89. The minimum absolute atomic E-state index is 0.0354. The normalized spacial score (nSPS) is 35.7. The van der Waals surface area contributed by atoms with Gasteiger partial charge in [0.1, 0.15) is 0 Å². The van der Waals surface area contributed by atoms with Crippen LogP contribution in [-0.4, -0.2) is 48.8 Å². The molecule has 2 bridgehead atoms. The van der Waals surface area contributed by atoms with Crippen molar-refractivity contribution in [1.29, 1.82) is 0 Å². The van der Waals surface area contributed by atoms with Crippen LogP contribution in [0.1, 0.15) is 63.5 Å². The van der Waals surface area contributed by atoms with Crippen molar-refractivity contribution in [3.05, 3.63) is 41.5 Å². The van der Waals surface area contributed by atoms with Crippen LogP contribution in [0.3, 0.4) is 0 Å². The van der Waals surface area contributed by atoms with Crippen LogP contribution >= 0.6 is 0 Å². The maximum atomic E-state index is 13.7. The van der Waals surface area contributed by atoms with Gasteiger partial charge < -0.3 is 10.8 Å². The minimum Gasteiger partial charge on any atom is -0.389 e. The second-order valence-corrected chi connectivity index (χ2v) is 13.0. The number of allylic oxidation sites excluding steroid dienone is 1. The molecule has 0 radical (unpaired) electrons. The number of rotatable bonds is 5. The molecule has 1 saturated heterocycles. The third kappa shape index (κ3) is 2.87. The summed E-state index contributed by atoms with van der Waals surface area (Å²) in [5, 5.41) is 11.6. The van der Waals surface area contributed by atoms with E-state index in [9.17, 15) is 13.5 Å². The molecule has 170 valence electrons. The van der Waals surface area contributed by atoms with E-state index in [2.05, 4.69) is 50.3 Å². The number of sulfonamides is 1. The van der Waals surface area contributed by atoms with Crippen LogP contribution in [0, 0.1) is 16.7 Å². The van der Waals surface area contributed by atoms with Gasteiger partial charge in [0.15, 0.2) is 0 Å². The lowest BCUT2D eigenvalue weighted by Crippen LogP contribution is -2.56. The molecule has 3 fully saturated rings. The van der Waals surface area contributed by atoms with Crippen LogP contribution in [0.5, 0.6) is 0 Å². The van der Waals surface area contributed by atoms with Crippen LogP contribution in [0.2, 0.25) is 0 Å². The van der Waals surface area contributed by atoms with Crippen molar-refractivity contribution >= 4 is 16.1 Å². The molecule has 4 aliphatic rings. The maximum Gasteiger partial charge on any atom is 0.214 e. The molecule has 3 N–H and O–H groups in total. The van der Waals surface area contributed by atoms with E-state index < -0.39 is 21.0 Å². The monoisotopic (exact) mass is 444 g/mol. The second-order valence-electron chi connectivity index (χ2n) is 11.0. The van der Waals surface area contributed by atoms with E-state index in [4.69, 9.17) is 5.73 Å². The molecule has 1 aromatic carbocycles. The first-order valence-electron chi connectivity index (χ1n) is 11.8. The topological polar surface area (TPSA) is 83.6 Å². The molecule has 6 heteroatoms. The van der Waals surface area contributed by atoms with Crippen LogP contribution in [0.25, 0.3) is 6.08 Å². The quantitative estimate of drug-likeness (QED) is 0.730. The second kappa shape index (κ2) is 6.89. The van der Waals surface area contributed by atoms with Crippen molar-refractivity contribution in [2.24, 2.45) is 22.5 Å². The molecule has 2 saturated carbocycles. The zero-order chi connectivity index (χ0) is 22.1. The zero-order valence-electron chi connectivity index (χ0n) is 18.8. The van der Waals surface area contributed by atoms with E-state index in [-0.39, 0.29) is 16.6 Å². The van der Waals surface area contributed by atoms with E-state index in [1.165, 1.54) is 11.1 Å². The summed E-state index contributed by atoms with van der Waals surface area (Å²) < 4.78 is 29.1. The summed E-state index contributed by atoms with van der Waals surface area (Å²) in [6.45, 7) is 5.80. The fraction of sp³-hybridized carbons (Fsp3) is 0.680. The Morgan fingerprint density at radius 3 is 2.55 bits per heavy atom. The van der Waals surface area contributed by atoms with Crippen molar-refractivity contribution in [3.8, 4) is 0 Å². The molecular weight excluding hydrogens is 408 g/mol. The van der Waals surface area contributed by atoms with Crippen LogP contribution in [0.4, 0.5) is 0 Å². The van der Waals surface area contributed by atoms with Gasteiger partial charge in [-0.15, -0.1) is 0 Å². The Bertz CT molecular complexity index is 1010. The summed E-state index contributed by atoms with van der Waals surface area (Å²) in [7, 11) is -3.49. The number of nitrogens with two attached hydrogens (primary N) is 1. The van der Waals surface area contributed by atoms with E-state index in [1.807, 2.05) is 0 Å². The number of piperidine rings is 1. The van der Waals surface area contributed by atoms with E-state index in [1.54, 1.807) is 4.31 Å². The van der Waals surface area contributed by atoms with E-state index in [0.717, 1.165) is 25.7 Å². The lowest BCUT2D eigenvalue weighted by molar-refractivity contribution is -0.0911. The smallest absolute Gasteiger partial charge is 0.214 e. The lowest BCUT2D eigenvalue weighted by Gasteiger charge is -2.49. The van der Waals surface area contributed by atoms with Crippen LogP contribution < -0.4 is 5.73 Å². The number of hydrogen-bond donors (Lipinski definition) is 2. The molecular formula is C25H36N2O3S. The Morgan fingerprint density at radius 1 is 1.16 bits per heavy atom. The van der Waals surface area contributed by atoms with Gasteiger partial charge in [0.25, 0.3) is 0 Å². The molecule has 1 aromatic rings. The summed E-state index contributed by atoms with van der Waals surface area (Å²) in [6.07, 6.45) is 9.02. The van der Waals surface area contributed by atoms with Gasteiger partial charge >= 0.3 is 0 Å². The molecule has 31 heavy (non-hydrogen) atoms. The Hall–Kier alpha value is -1.21. The highest BCUT2D eigenvalue weighted by Gasteiger charge is 2.71. The highest BCUT2D eigenvalue weighted by atomic mass is 32.2. The Balaban J connectivity index is 1.38. The van der Waals surface area contributed by atoms with Crippen molar-refractivity contribution in [2.45, 2.75) is 63.4 Å². The maximum absolute atomic E-state index is 13.7. The Labute approximate surface area is 186 Å². The minimum atomic E-state index is -3.49. The number of aliphatic hydroxyl groups is 1. The SMILES string of the molecule is CC1(C)[C@@H]2CC[C@@]1(CS(=O)(=O)N1CCC3(C=Cc4ccccc43)CC1)[C@@](O)(CCN)C2. The molecule has 5 rings (SSSR count). The first kappa shape index (κ1) is 21.6. The summed E-state index contributed by atoms with van der Waals surface area (Å²) >= 11 is 0. The Kier molecular flexibility index (Phi) is 4.81. The fourth-order valence-corrected chi connectivity index (χ4v) is 10.0. The summed E-state index contributed by atoms with van der Waals surface area (Å²) in [4.78, 5) is 0. The van der Waals surface area contributed by atoms with Crippen LogP contribution in [0.15, 0.2) is 30.3 Å². The largest absolute Gasteiger partial charge is 0.389 e. The first-order valence-corrected chi connectivity index (χ1v) is 13.4. The molecule has 1 spiro atoms. The van der Waals surface area contributed by atoms with Gasteiger partial charge in [-0.1, -0.05) is 50.3 Å². The van der Waals surface area contributed by atoms with Crippen molar-refractivity contribution < 1.29 is 13.5 Å². The number of nitrogens with zero attached hydrogens (tertiary/aromatic N) is 1. The predicted molar refractivity (Wildman–Crippen MR) is 124 cm³/mol. The van der Waals surface area contributed by atoms with Gasteiger partial charge in [-0.2, -0.15) is 0 Å². The van der Waals surface area contributed by atoms with Gasteiger partial charge in [0.05, 0.1) is 11.4 Å². The van der Waals surface area contributed by atoms with E-state index >= 15 is 0 Å². The molecule has 3 aliphatic carbocycles. The average molecular weight is 445 g/mol. The van der Waals surface area contributed by atoms with Gasteiger partial charge in [0.2, 0.25) is 10.0 Å². The van der Waals surface area contributed by atoms with Gasteiger partial charge in [0, 0.05) is 23.9 Å². The molecule has 5 nitrogen and oxygen atoms in total. The molecule has 1 heterocycles. The summed E-state index contributed by atoms with van der Waals surface area (Å²) in [6, 6.07) is 8.46. The molecule has 3 atom stereocenters. The standard InChI is InChI=1S/C25H36N2O3S/c1-22(2)20-8-10-24(22,25(28,17-20)11-14-26)18-31(29,30)27-15-12-23(13-16-27)9-7-19-5-3-4-6-21(19)23/h3-7,9,20,28H,8,10-18,26H2,1-2H3/t20-,24+,25-/m1/s1. The van der Waals surface area contributed by atoms with Gasteiger partial charge in [-0.25, -0.2) is 12.7 Å². The van der Waals surface area contributed by atoms with E-state index in [0.29, 0.717) is 38.4 Å². The third-order valence-corrected chi connectivity index (χ3v) is 11.7. The lowest BCUT2D eigenvalue weighted by atomic mass is 9.63. The number of hydrogen-bond acceptors (Lipinski definition) is 4. The van der Waals surface area contributed by atoms with Crippen molar-refractivity contribution in [3.63, 3.8) is 0 Å². The van der Waals surface area contributed by atoms with Crippen molar-refractivity contribution in [1.82, 2.24) is 4.31 Å². The van der Waals surface area contributed by atoms with Gasteiger partial charge in [-0.3, -0.25) is 0 Å². The molecule has 0 aromatic heterocycles. The molecule has 0 amide bonds. The number of benzene rings is 1. The van der Waals surface area contributed by atoms with Crippen LogP contribution in [-0.2, 0) is 15.4 Å². The number of fused-ring (bicyclic) bond motifs is 4. The summed E-state index contributed by atoms with van der Waals surface area (Å²) in [5.74, 6) is 0.406. The summed E-state index contributed by atoms with van der Waals surface area (Å²) in [5.41, 5.74) is 6.62. The first-order chi connectivity index (χ1) is 14.6. The fourth-order valence-electron chi connectivity index (χ4n) is 7.70. The van der Waals surface area contributed by atoms with Crippen molar-refractivity contribution in [2.75, 3.05) is 25.4 Å². The Morgan fingerprint density at radius 2 is 1.87 bits per heavy atom. The molecule has 0 unspecified atom stereocenters. The average Bonchev–Trinajstić information content (AvgIpc) is 3.24. The molecule has 1 aliphatic heterocycles. The predicted octanol–water partition coefficient (Wildman–Crippen LogP) is 3.28. The third-order valence-electron chi connectivity index (χ3n) is 9.72. The van der Waals surface area contributed by atoms with Gasteiger partial charge in [-0.05, 0) is 67.5 Å². The highest BCUT2D eigenvalue weighted by Crippen LogP contribution is 2.71.